The van der Waals surface area contributed by atoms with Gasteiger partial charge in [0.05, 0.1) is 41.5 Å². The van der Waals surface area contributed by atoms with Crippen LogP contribution in [0.3, 0.4) is 0 Å². The minimum absolute atomic E-state index is 0.0762. The number of anilines is 3. The summed E-state index contributed by atoms with van der Waals surface area (Å²) in [6.07, 6.45) is 2.38. The van der Waals surface area contributed by atoms with Gasteiger partial charge in [0.1, 0.15) is 28.6 Å². The summed E-state index contributed by atoms with van der Waals surface area (Å²) < 4.78 is 36.5. The van der Waals surface area contributed by atoms with Gasteiger partial charge in [0.25, 0.3) is 0 Å². The molecule has 5 rings (SSSR count). The van der Waals surface area contributed by atoms with Gasteiger partial charge in [0.15, 0.2) is 5.82 Å². The first-order valence-electron chi connectivity index (χ1n) is 10.0. The minimum Gasteiger partial charge on any atom is -0.372 e. The zero-order valence-electron chi connectivity index (χ0n) is 16.9. The summed E-state index contributed by atoms with van der Waals surface area (Å²) in [6.45, 7) is 5.46. The molecule has 2 aliphatic heterocycles. The average molecular weight is 447 g/mol. The van der Waals surface area contributed by atoms with E-state index in [4.69, 9.17) is 16.3 Å². The van der Waals surface area contributed by atoms with Crippen LogP contribution < -0.4 is 15.5 Å². The lowest BCUT2D eigenvalue weighted by molar-refractivity contribution is -0.00545. The Labute approximate surface area is 183 Å². The maximum absolute atomic E-state index is 14.5. The Hall–Kier alpha value is -2.91. The topological polar surface area (TPSA) is 67.2 Å². The molecule has 1 saturated heterocycles. The fraction of sp³-hybridized carbons (Fsp3) is 0.333. The number of hydrogen-bond acceptors (Lipinski definition) is 6. The molecule has 162 valence electrons. The summed E-state index contributed by atoms with van der Waals surface area (Å²) in [5, 5.41) is 10.9. The third-order valence-electron chi connectivity index (χ3n) is 5.43. The summed E-state index contributed by atoms with van der Waals surface area (Å²) >= 11 is 6.35. The third-order valence-corrected chi connectivity index (χ3v) is 5.71. The molecule has 31 heavy (non-hydrogen) atoms. The number of morpholine rings is 1. The average Bonchev–Trinajstić information content (AvgIpc) is 2.99. The molecular weight excluding hydrogens is 426 g/mol. The number of ether oxygens (including phenoxy) is 1. The molecule has 0 radical (unpaired) electrons. The van der Waals surface area contributed by atoms with E-state index in [0.717, 1.165) is 5.82 Å². The number of hydrogen-bond donors (Lipinski definition) is 2. The Bertz CT molecular complexity index is 1110. The third kappa shape index (κ3) is 3.57. The molecule has 4 heterocycles. The van der Waals surface area contributed by atoms with Crippen molar-refractivity contribution < 1.29 is 13.5 Å². The summed E-state index contributed by atoms with van der Waals surface area (Å²) in [6, 6.07) is 5.65. The molecule has 3 aromatic rings. The van der Waals surface area contributed by atoms with Crippen molar-refractivity contribution in [2.75, 3.05) is 28.6 Å². The van der Waals surface area contributed by atoms with Crippen LogP contribution in [0.15, 0.2) is 36.7 Å². The first kappa shape index (κ1) is 20.0. The van der Waals surface area contributed by atoms with Crippen LogP contribution >= 0.6 is 11.6 Å². The number of nitrogens with zero attached hydrogens (tertiary/aromatic N) is 4. The van der Waals surface area contributed by atoms with Crippen molar-refractivity contribution in [3.05, 3.63) is 58.9 Å². The zero-order chi connectivity index (χ0) is 21.7. The number of benzene rings is 1. The normalized spacial score (nSPS) is 22.7. The van der Waals surface area contributed by atoms with Crippen LogP contribution in [0.2, 0.25) is 5.02 Å². The van der Waals surface area contributed by atoms with Crippen molar-refractivity contribution in [1.82, 2.24) is 14.8 Å². The highest BCUT2D eigenvalue weighted by atomic mass is 35.5. The Balaban J connectivity index is 1.60. The van der Waals surface area contributed by atoms with Crippen LogP contribution in [-0.4, -0.2) is 40.1 Å². The lowest BCUT2D eigenvalue weighted by atomic mass is 10.1. The second-order valence-corrected chi connectivity index (χ2v) is 8.24. The first-order chi connectivity index (χ1) is 14.9. The minimum atomic E-state index is -0.911. The van der Waals surface area contributed by atoms with Crippen LogP contribution in [0.25, 0.3) is 5.69 Å². The molecule has 1 aromatic carbocycles. The summed E-state index contributed by atoms with van der Waals surface area (Å²) in [5.41, 5.74) is 1.10. The number of fused-ring (bicyclic) bond motifs is 3. The molecule has 7 nitrogen and oxygen atoms in total. The standard InChI is InChI=1S/C21H21ClF2N6O/c1-11-9-29(10-12(2)31-11)18-6-17-16(8-25-18)27-20(19-14(23)4-3-5-15(19)24)28-21-13(22)7-26-30(17)21/h3-8,11-12,20,27-28H,9-10H2,1-2H3/t11-,12-,20?/m0/s1. The molecule has 0 bridgehead atoms. The fourth-order valence-corrected chi connectivity index (χ4v) is 4.34. The largest absolute Gasteiger partial charge is 0.372 e. The van der Waals surface area contributed by atoms with Gasteiger partial charge in [0, 0.05) is 19.2 Å². The van der Waals surface area contributed by atoms with Gasteiger partial charge in [-0.25, -0.2) is 18.4 Å². The van der Waals surface area contributed by atoms with Crippen LogP contribution in [0.5, 0.6) is 0 Å². The lowest BCUT2D eigenvalue weighted by Crippen LogP contribution is -2.45. The highest BCUT2D eigenvalue weighted by Crippen LogP contribution is 2.38. The Morgan fingerprint density at radius 2 is 1.81 bits per heavy atom. The Morgan fingerprint density at radius 1 is 1.10 bits per heavy atom. The molecule has 0 saturated carbocycles. The van der Waals surface area contributed by atoms with E-state index >= 15 is 0 Å². The van der Waals surface area contributed by atoms with Gasteiger partial charge < -0.3 is 20.3 Å². The second kappa shape index (κ2) is 7.65. The van der Waals surface area contributed by atoms with E-state index in [0.29, 0.717) is 35.3 Å². The highest BCUT2D eigenvalue weighted by molar-refractivity contribution is 6.33. The first-order valence-corrected chi connectivity index (χ1v) is 10.4. The van der Waals surface area contributed by atoms with Gasteiger partial charge in [-0.05, 0) is 26.0 Å². The second-order valence-electron chi connectivity index (χ2n) is 7.83. The predicted octanol–water partition coefficient (Wildman–Crippen LogP) is 4.35. The van der Waals surface area contributed by atoms with Gasteiger partial charge in [-0.2, -0.15) is 5.10 Å². The number of pyridine rings is 1. The van der Waals surface area contributed by atoms with E-state index in [-0.39, 0.29) is 17.8 Å². The number of nitrogens with one attached hydrogen (secondary N) is 2. The van der Waals surface area contributed by atoms with Crippen LogP contribution in [0.1, 0.15) is 25.6 Å². The van der Waals surface area contributed by atoms with Gasteiger partial charge >= 0.3 is 0 Å². The van der Waals surface area contributed by atoms with E-state index in [1.165, 1.54) is 24.4 Å². The Kier molecular flexibility index (Phi) is 4.94. The smallest absolute Gasteiger partial charge is 0.150 e. The molecule has 2 aromatic heterocycles. The van der Waals surface area contributed by atoms with Crippen molar-refractivity contribution in [3.63, 3.8) is 0 Å². The fourth-order valence-electron chi connectivity index (χ4n) is 4.16. The monoisotopic (exact) mass is 446 g/mol. The van der Waals surface area contributed by atoms with Gasteiger partial charge in [-0.1, -0.05) is 17.7 Å². The van der Waals surface area contributed by atoms with E-state index in [1.54, 1.807) is 10.9 Å². The summed E-state index contributed by atoms with van der Waals surface area (Å²) in [7, 11) is 0. The van der Waals surface area contributed by atoms with Crippen molar-refractivity contribution in [3.8, 4) is 5.69 Å². The van der Waals surface area contributed by atoms with Crippen molar-refractivity contribution in [1.29, 1.82) is 0 Å². The zero-order valence-corrected chi connectivity index (χ0v) is 17.7. The number of aromatic nitrogens is 3. The van der Waals surface area contributed by atoms with Crippen molar-refractivity contribution in [2.24, 2.45) is 0 Å². The lowest BCUT2D eigenvalue weighted by Gasteiger charge is -2.36. The van der Waals surface area contributed by atoms with E-state index in [1.807, 2.05) is 19.9 Å². The molecular formula is C21H21ClF2N6O. The molecule has 1 fully saturated rings. The van der Waals surface area contributed by atoms with Crippen LogP contribution in [0.4, 0.5) is 26.1 Å². The molecule has 2 aliphatic rings. The SMILES string of the molecule is C[C@H]1CN(c2cc3c(cn2)NC(c2c(F)cccc2F)Nc2c(Cl)cnn2-3)C[C@H](C)O1. The number of rotatable bonds is 2. The van der Waals surface area contributed by atoms with Gasteiger partial charge in [-0.3, -0.25) is 0 Å². The van der Waals surface area contributed by atoms with Crippen molar-refractivity contribution >= 4 is 28.9 Å². The molecule has 3 atom stereocenters. The molecule has 2 N–H and O–H groups in total. The van der Waals surface area contributed by atoms with Gasteiger partial charge in [-0.15, -0.1) is 0 Å². The highest BCUT2D eigenvalue weighted by Gasteiger charge is 2.29. The quantitative estimate of drug-likeness (QED) is 0.610. The summed E-state index contributed by atoms with van der Waals surface area (Å²) in [5.74, 6) is -0.148. The molecule has 0 aliphatic carbocycles. The number of halogens is 3. The summed E-state index contributed by atoms with van der Waals surface area (Å²) in [4.78, 5) is 6.75. The van der Waals surface area contributed by atoms with E-state index in [2.05, 4.69) is 25.6 Å². The molecule has 0 amide bonds. The Morgan fingerprint density at radius 3 is 2.52 bits per heavy atom. The molecule has 0 spiro atoms. The van der Waals surface area contributed by atoms with Crippen molar-refractivity contribution in [2.45, 2.75) is 32.2 Å². The maximum atomic E-state index is 14.5. The maximum Gasteiger partial charge on any atom is 0.150 e. The molecule has 10 heteroatoms. The van der Waals surface area contributed by atoms with E-state index < -0.39 is 17.8 Å². The molecule has 1 unspecified atom stereocenters. The van der Waals surface area contributed by atoms with Gasteiger partial charge in [0.2, 0.25) is 0 Å². The predicted molar refractivity (Wildman–Crippen MR) is 115 cm³/mol. The van der Waals surface area contributed by atoms with Crippen LogP contribution in [-0.2, 0) is 4.74 Å². The van der Waals surface area contributed by atoms with Crippen LogP contribution in [0, 0.1) is 11.6 Å². The van der Waals surface area contributed by atoms with E-state index in [9.17, 15) is 8.78 Å².